The lowest BCUT2D eigenvalue weighted by Gasteiger charge is -2.31. The number of hydrogen-bond donors (Lipinski definition) is 1. The summed E-state index contributed by atoms with van der Waals surface area (Å²) < 4.78 is 5.57. The Hall–Kier alpha value is -0.610. The zero-order chi connectivity index (χ0) is 12.3. The van der Waals surface area contributed by atoms with E-state index in [9.17, 15) is 4.79 Å². The molecular weight excluding hydrogens is 216 g/mol. The molecule has 2 aliphatic rings. The van der Waals surface area contributed by atoms with Crippen LogP contribution in [0.2, 0.25) is 0 Å². The summed E-state index contributed by atoms with van der Waals surface area (Å²) in [5.41, 5.74) is 5.88. The van der Waals surface area contributed by atoms with Gasteiger partial charge in [0.05, 0.1) is 6.10 Å². The first-order valence-electron chi connectivity index (χ1n) is 6.83. The van der Waals surface area contributed by atoms with Gasteiger partial charge >= 0.3 is 0 Å². The molecule has 1 aliphatic carbocycles. The molecule has 0 radical (unpaired) electrons. The Morgan fingerprint density at radius 1 is 1.29 bits per heavy atom. The Kier molecular flexibility index (Phi) is 4.40. The van der Waals surface area contributed by atoms with Crippen molar-refractivity contribution in [1.29, 1.82) is 0 Å². The quantitative estimate of drug-likeness (QED) is 0.748. The first-order valence-corrected chi connectivity index (χ1v) is 6.83. The molecule has 0 bridgehead atoms. The molecule has 98 valence electrons. The van der Waals surface area contributed by atoms with Gasteiger partial charge in [0.1, 0.15) is 0 Å². The largest absolute Gasteiger partial charge is 0.377 e. The number of ether oxygens (including phenoxy) is 1. The molecular formula is C13H24N2O2. The fraction of sp³-hybridized carbons (Fsp3) is 0.923. The SMILES string of the molecule is CC1CN(C(=O)C2CCC(N)CC2)CCCO1. The Bertz CT molecular complexity index is 262. The lowest BCUT2D eigenvalue weighted by molar-refractivity contribution is -0.137. The van der Waals surface area contributed by atoms with Gasteiger partial charge in [-0.1, -0.05) is 0 Å². The minimum Gasteiger partial charge on any atom is -0.377 e. The molecule has 4 nitrogen and oxygen atoms in total. The van der Waals surface area contributed by atoms with Crippen LogP contribution in [-0.2, 0) is 9.53 Å². The van der Waals surface area contributed by atoms with Gasteiger partial charge in [0.15, 0.2) is 0 Å². The van der Waals surface area contributed by atoms with Crippen molar-refractivity contribution < 1.29 is 9.53 Å². The van der Waals surface area contributed by atoms with Crippen LogP contribution in [0, 0.1) is 5.92 Å². The number of amides is 1. The summed E-state index contributed by atoms with van der Waals surface area (Å²) in [7, 11) is 0. The van der Waals surface area contributed by atoms with Gasteiger partial charge in [0.2, 0.25) is 5.91 Å². The van der Waals surface area contributed by atoms with Crippen LogP contribution in [0.5, 0.6) is 0 Å². The number of nitrogens with two attached hydrogens (primary N) is 1. The minimum absolute atomic E-state index is 0.173. The van der Waals surface area contributed by atoms with Gasteiger partial charge in [0, 0.05) is 31.7 Å². The van der Waals surface area contributed by atoms with Crippen LogP contribution in [0.15, 0.2) is 0 Å². The molecule has 1 amide bonds. The second-order valence-electron chi connectivity index (χ2n) is 5.43. The van der Waals surface area contributed by atoms with Gasteiger partial charge in [-0.15, -0.1) is 0 Å². The van der Waals surface area contributed by atoms with E-state index in [-0.39, 0.29) is 12.0 Å². The third kappa shape index (κ3) is 3.42. The van der Waals surface area contributed by atoms with Crippen LogP contribution >= 0.6 is 0 Å². The normalized spacial score (nSPS) is 35.4. The van der Waals surface area contributed by atoms with Crippen molar-refractivity contribution in [2.45, 2.75) is 51.2 Å². The fourth-order valence-corrected chi connectivity index (χ4v) is 2.82. The fourth-order valence-electron chi connectivity index (χ4n) is 2.82. The third-order valence-electron chi connectivity index (χ3n) is 3.88. The zero-order valence-corrected chi connectivity index (χ0v) is 10.7. The highest BCUT2D eigenvalue weighted by Gasteiger charge is 2.29. The van der Waals surface area contributed by atoms with E-state index in [4.69, 9.17) is 10.5 Å². The van der Waals surface area contributed by atoms with E-state index in [1.54, 1.807) is 0 Å². The molecule has 2 rings (SSSR count). The molecule has 2 fully saturated rings. The zero-order valence-electron chi connectivity index (χ0n) is 10.7. The summed E-state index contributed by atoms with van der Waals surface area (Å²) in [5.74, 6) is 0.536. The molecule has 1 saturated carbocycles. The summed E-state index contributed by atoms with van der Waals surface area (Å²) >= 11 is 0. The van der Waals surface area contributed by atoms with Crippen molar-refractivity contribution in [2.75, 3.05) is 19.7 Å². The van der Waals surface area contributed by atoms with E-state index in [0.29, 0.717) is 11.9 Å². The van der Waals surface area contributed by atoms with Crippen LogP contribution < -0.4 is 5.73 Å². The highest BCUT2D eigenvalue weighted by atomic mass is 16.5. The Labute approximate surface area is 103 Å². The standard InChI is InChI=1S/C13H24N2O2/c1-10-9-15(7-2-8-17-10)13(16)11-3-5-12(14)6-4-11/h10-12H,2-9,14H2,1H3. The molecule has 0 aromatic carbocycles. The van der Waals surface area contributed by atoms with E-state index >= 15 is 0 Å². The van der Waals surface area contributed by atoms with Crippen molar-refractivity contribution in [2.24, 2.45) is 11.7 Å². The van der Waals surface area contributed by atoms with Gasteiger partial charge in [-0.05, 0) is 39.0 Å². The monoisotopic (exact) mass is 240 g/mol. The second-order valence-corrected chi connectivity index (χ2v) is 5.43. The van der Waals surface area contributed by atoms with Gasteiger partial charge in [-0.2, -0.15) is 0 Å². The molecule has 0 aromatic rings. The van der Waals surface area contributed by atoms with Crippen molar-refractivity contribution in [1.82, 2.24) is 4.90 Å². The number of rotatable bonds is 1. The maximum atomic E-state index is 12.4. The maximum absolute atomic E-state index is 12.4. The molecule has 1 saturated heterocycles. The molecule has 1 heterocycles. The summed E-state index contributed by atoms with van der Waals surface area (Å²) in [6.45, 7) is 4.43. The number of nitrogens with zero attached hydrogens (tertiary/aromatic N) is 1. The lowest BCUT2D eigenvalue weighted by Crippen LogP contribution is -2.42. The van der Waals surface area contributed by atoms with Crippen molar-refractivity contribution in [3.8, 4) is 0 Å². The van der Waals surface area contributed by atoms with E-state index < -0.39 is 0 Å². The van der Waals surface area contributed by atoms with E-state index in [2.05, 4.69) is 0 Å². The van der Waals surface area contributed by atoms with E-state index in [1.807, 2.05) is 11.8 Å². The minimum atomic E-state index is 0.173. The Morgan fingerprint density at radius 2 is 2.00 bits per heavy atom. The molecule has 17 heavy (non-hydrogen) atoms. The van der Waals surface area contributed by atoms with Gasteiger partial charge in [0.25, 0.3) is 0 Å². The molecule has 0 aromatic heterocycles. The van der Waals surface area contributed by atoms with E-state index in [0.717, 1.165) is 51.8 Å². The predicted molar refractivity (Wildman–Crippen MR) is 66.5 cm³/mol. The van der Waals surface area contributed by atoms with Crippen LogP contribution in [0.3, 0.4) is 0 Å². The number of hydrogen-bond acceptors (Lipinski definition) is 3. The summed E-state index contributed by atoms with van der Waals surface area (Å²) in [4.78, 5) is 14.4. The number of carbonyl (C=O) groups is 1. The molecule has 1 unspecified atom stereocenters. The highest BCUT2D eigenvalue weighted by molar-refractivity contribution is 5.79. The van der Waals surface area contributed by atoms with Crippen molar-refractivity contribution >= 4 is 5.91 Å². The molecule has 0 spiro atoms. The summed E-state index contributed by atoms with van der Waals surface area (Å²) in [6.07, 6.45) is 5.05. The average Bonchev–Trinajstić information content (AvgIpc) is 2.54. The summed E-state index contributed by atoms with van der Waals surface area (Å²) in [5, 5.41) is 0. The average molecular weight is 240 g/mol. The Morgan fingerprint density at radius 3 is 2.71 bits per heavy atom. The predicted octanol–water partition coefficient (Wildman–Crippen LogP) is 1.14. The Balaban J connectivity index is 1.89. The molecule has 1 aliphatic heterocycles. The van der Waals surface area contributed by atoms with Crippen LogP contribution in [0.25, 0.3) is 0 Å². The first kappa shape index (κ1) is 12.8. The first-order chi connectivity index (χ1) is 8.16. The van der Waals surface area contributed by atoms with Crippen molar-refractivity contribution in [3.63, 3.8) is 0 Å². The van der Waals surface area contributed by atoms with Crippen LogP contribution in [0.4, 0.5) is 0 Å². The molecule has 1 atom stereocenters. The third-order valence-corrected chi connectivity index (χ3v) is 3.88. The second kappa shape index (κ2) is 5.83. The van der Waals surface area contributed by atoms with Gasteiger partial charge < -0.3 is 15.4 Å². The van der Waals surface area contributed by atoms with Gasteiger partial charge in [-0.25, -0.2) is 0 Å². The summed E-state index contributed by atoms with van der Waals surface area (Å²) in [6, 6.07) is 0.311. The van der Waals surface area contributed by atoms with Crippen LogP contribution in [-0.4, -0.2) is 42.6 Å². The lowest BCUT2D eigenvalue weighted by atomic mass is 9.85. The topological polar surface area (TPSA) is 55.6 Å². The molecule has 4 heteroatoms. The molecule has 2 N–H and O–H groups in total. The highest BCUT2D eigenvalue weighted by Crippen LogP contribution is 2.25. The van der Waals surface area contributed by atoms with Crippen molar-refractivity contribution in [3.05, 3.63) is 0 Å². The number of carbonyl (C=O) groups excluding carboxylic acids is 1. The maximum Gasteiger partial charge on any atom is 0.225 e. The van der Waals surface area contributed by atoms with E-state index in [1.165, 1.54) is 0 Å². The smallest absolute Gasteiger partial charge is 0.225 e. The van der Waals surface area contributed by atoms with Crippen LogP contribution in [0.1, 0.15) is 39.0 Å². The van der Waals surface area contributed by atoms with Gasteiger partial charge in [-0.3, -0.25) is 4.79 Å².